The summed E-state index contributed by atoms with van der Waals surface area (Å²) in [6.07, 6.45) is 2.59. The van der Waals surface area contributed by atoms with Gasteiger partial charge in [-0.2, -0.15) is 26.7 Å². The van der Waals surface area contributed by atoms with Gasteiger partial charge in [0.1, 0.15) is 0 Å². The Balaban J connectivity index is 1.69. The standard InChI is InChI=1S/C13H22N6OS/c1-14-11-16-12(15-9-10-3-2-8-21-10)18-13(17-11)19-4-6-20-7-5-19/h10H,2-9H2,1H3,(H2,14,15,16,17,18). The summed E-state index contributed by atoms with van der Waals surface area (Å²) in [4.78, 5) is 15.5. The first-order valence-electron chi connectivity index (χ1n) is 7.47. The number of nitrogens with one attached hydrogen (secondary N) is 2. The second-order valence-electron chi connectivity index (χ2n) is 5.15. The molecule has 0 spiro atoms. The highest BCUT2D eigenvalue weighted by atomic mass is 32.2. The molecule has 2 aliphatic rings. The molecule has 1 atom stereocenters. The van der Waals surface area contributed by atoms with E-state index in [9.17, 15) is 0 Å². The highest BCUT2D eigenvalue weighted by Gasteiger charge is 2.18. The van der Waals surface area contributed by atoms with E-state index in [1.165, 1.54) is 18.6 Å². The van der Waals surface area contributed by atoms with E-state index < -0.39 is 0 Å². The first-order valence-corrected chi connectivity index (χ1v) is 8.52. The molecule has 116 valence electrons. The third kappa shape index (κ3) is 3.88. The quantitative estimate of drug-likeness (QED) is 0.836. The molecule has 8 heteroatoms. The summed E-state index contributed by atoms with van der Waals surface area (Å²) >= 11 is 2.03. The van der Waals surface area contributed by atoms with Crippen LogP contribution in [0.2, 0.25) is 0 Å². The van der Waals surface area contributed by atoms with Crippen LogP contribution >= 0.6 is 11.8 Å². The van der Waals surface area contributed by atoms with E-state index in [4.69, 9.17) is 4.74 Å². The topological polar surface area (TPSA) is 75.2 Å². The number of hydrogen-bond acceptors (Lipinski definition) is 8. The summed E-state index contributed by atoms with van der Waals surface area (Å²) < 4.78 is 5.38. The molecule has 0 aliphatic carbocycles. The smallest absolute Gasteiger partial charge is 0.232 e. The van der Waals surface area contributed by atoms with Crippen molar-refractivity contribution in [3.05, 3.63) is 0 Å². The maximum absolute atomic E-state index is 5.38. The number of hydrogen-bond donors (Lipinski definition) is 2. The lowest BCUT2D eigenvalue weighted by atomic mass is 10.2. The van der Waals surface area contributed by atoms with Crippen molar-refractivity contribution in [3.63, 3.8) is 0 Å². The van der Waals surface area contributed by atoms with E-state index in [0.717, 1.165) is 38.8 Å². The molecule has 2 saturated heterocycles. The van der Waals surface area contributed by atoms with Crippen molar-refractivity contribution in [2.24, 2.45) is 0 Å². The summed E-state index contributed by atoms with van der Waals surface area (Å²) in [6, 6.07) is 0. The Kier molecular flexibility index (Phi) is 4.97. The maximum atomic E-state index is 5.38. The largest absolute Gasteiger partial charge is 0.378 e. The SMILES string of the molecule is CNc1nc(NCC2CCCS2)nc(N2CCOCC2)n1. The van der Waals surface area contributed by atoms with Crippen LogP contribution in [0.15, 0.2) is 0 Å². The molecule has 3 rings (SSSR count). The fourth-order valence-electron chi connectivity index (χ4n) is 2.47. The molecule has 0 bridgehead atoms. The van der Waals surface area contributed by atoms with Crippen LogP contribution in [0.5, 0.6) is 0 Å². The average molecular weight is 310 g/mol. The highest BCUT2D eigenvalue weighted by Crippen LogP contribution is 2.26. The Morgan fingerprint density at radius 3 is 2.76 bits per heavy atom. The van der Waals surface area contributed by atoms with E-state index in [-0.39, 0.29) is 0 Å². The lowest BCUT2D eigenvalue weighted by Gasteiger charge is -2.27. The monoisotopic (exact) mass is 310 g/mol. The normalized spacial score (nSPS) is 22.3. The molecule has 1 aromatic rings. The van der Waals surface area contributed by atoms with Crippen LogP contribution in [0.4, 0.5) is 17.8 Å². The number of aromatic nitrogens is 3. The van der Waals surface area contributed by atoms with Gasteiger partial charge >= 0.3 is 0 Å². The molecule has 1 unspecified atom stereocenters. The first kappa shape index (κ1) is 14.6. The number of morpholine rings is 1. The minimum absolute atomic E-state index is 0.605. The fraction of sp³-hybridized carbons (Fsp3) is 0.769. The van der Waals surface area contributed by atoms with Crippen molar-refractivity contribution in [2.45, 2.75) is 18.1 Å². The molecule has 0 saturated carbocycles. The Labute approximate surface area is 129 Å². The van der Waals surface area contributed by atoms with Gasteiger partial charge in [-0.15, -0.1) is 0 Å². The van der Waals surface area contributed by atoms with Crippen molar-refractivity contribution in [1.29, 1.82) is 0 Å². The van der Waals surface area contributed by atoms with Crippen LogP contribution in [0.1, 0.15) is 12.8 Å². The fourth-order valence-corrected chi connectivity index (χ4v) is 3.67. The van der Waals surface area contributed by atoms with Crippen molar-refractivity contribution < 1.29 is 4.74 Å². The summed E-state index contributed by atoms with van der Waals surface area (Å²) in [6.45, 7) is 4.01. The third-order valence-corrected chi connectivity index (χ3v) is 5.05. The first-order chi connectivity index (χ1) is 10.3. The van der Waals surface area contributed by atoms with Gasteiger partial charge in [-0.1, -0.05) is 0 Å². The zero-order valence-corrected chi connectivity index (χ0v) is 13.2. The number of thioether (sulfide) groups is 1. The van der Waals surface area contributed by atoms with Crippen LogP contribution in [0.3, 0.4) is 0 Å². The number of rotatable bonds is 5. The van der Waals surface area contributed by atoms with Crippen LogP contribution in [-0.2, 0) is 4.74 Å². The van der Waals surface area contributed by atoms with Gasteiger partial charge in [-0.25, -0.2) is 0 Å². The van der Waals surface area contributed by atoms with Crippen LogP contribution in [0.25, 0.3) is 0 Å². The van der Waals surface area contributed by atoms with E-state index in [1.807, 2.05) is 18.8 Å². The van der Waals surface area contributed by atoms with Gasteiger partial charge in [0.2, 0.25) is 17.8 Å². The molecule has 3 heterocycles. The van der Waals surface area contributed by atoms with Gasteiger partial charge in [0, 0.05) is 31.9 Å². The molecular formula is C13H22N6OS. The number of anilines is 3. The molecule has 7 nitrogen and oxygen atoms in total. The van der Waals surface area contributed by atoms with Crippen molar-refractivity contribution in [3.8, 4) is 0 Å². The Morgan fingerprint density at radius 2 is 2.05 bits per heavy atom. The molecule has 2 N–H and O–H groups in total. The predicted molar refractivity (Wildman–Crippen MR) is 86.4 cm³/mol. The van der Waals surface area contributed by atoms with Gasteiger partial charge in [0.25, 0.3) is 0 Å². The number of nitrogens with zero attached hydrogens (tertiary/aromatic N) is 4. The van der Waals surface area contributed by atoms with E-state index in [1.54, 1.807) is 0 Å². The molecule has 1 aromatic heterocycles. The summed E-state index contributed by atoms with van der Waals surface area (Å²) in [5.74, 6) is 3.25. The molecule has 2 aliphatic heterocycles. The average Bonchev–Trinajstić information content (AvgIpc) is 3.07. The summed E-state index contributed by atoms with van der Waals surface area (Å²) in [5, 5.41) is 7.04. The van der Waals surface area contributed by atoms with E-state index in [0.29, 0.717) is 17.1 Å². The second kappa shape index (κ2) is 7.13. The lowest BCUT2D eigenvalue weighted by molar-refractivity contribution is 0.122. The zero-order chi connectivity index (χ0) is 14.5. The van der Waals surface area contributed by atoms with Crippen LogP contribution in [-0.4, -0.2) is 65.9 Å². The highest BCUT2D eigenvalue weighted by molar-refractivity contribution is 8.00. The maximum Gasteiger partial charge on any atom is 0.232 e. The zero-order valence-electron chi connectivity index (χ0n) is 12.3. The molecule has 21 heavy (non-hydrogen) atoms. The third-order valence-electron chi connectivity index (χ3n) is 3.65. The minimum Gasteiger partial charge on any atom is -0.378 e. The molecule has 0 aromatic carbocycles. The van der Waals surface area contributed by atoms with Gasteiger partial charge in [-0.3, -0.25) is 0 Å². The van der Waals surface area contributed by atoms with Gasteiger partial charge in [0.15, 0.2) is 0 Å². The van der Waals surface area contributed by atoms with Crippen molar-refractivity contribution in [1.82, 2.24) is 15.0 Å². The number of ether oxygens (including phenoxy) is 1. The Bertz CT molecular complexity index is 462. The Morgan fingerprint density at radius 1 is 1.24 bits per heavy atom. The molecule has 2 fully saturated rings. The molecule has 0 amide bonds. The van der Waals surface area contributed by atoms with Gasteiger partial charge < -0.3 is 20.3 Å². The molecular weight excluding hydrogens is 288 g/mol. The van der Waals surface area contributed by atoms with Crippen molar-refractivity contribution >= 4 is 29.6 Å². The summed E-state index contributed by atoms with van der Waals surface area (Å²) in [7, 11) is 1.83. The van der Waals surface area contributed by atoms with Crippen LogP contribution < -0.4 is 15.5 Å². The van der Waals surface area contributed by atoms with Gasteiger partial charge in [-0.05, 0) is 18.6 Å². The van der Waals surface area contributed by atoms with Gasteiger partial charge in [0.05, 0.1) is 13.2 Å². The predicted octanol–water partition coefficient (Wildman–Crippen LogP) is 1.06. The molecule has 0 radical (unpaired) electrons. The summed E-state index contributed by atoms with van der Waals surface area (Å²) in [5.41, 5.74) is 0. The Hall–Kier alpha value is -1.28. The lowest BCUT2D eigenvalue weighted by Crippen LogP contribution is -2.37. The van der Waals surface area contributed by atoms with E-state index in [2.05, 4.69) is 30.5 Å². The van der Waals surface area contributed by atoms with Crippen molar-refractivity contribution in [2.75, 3.05) is 61.2 Å². The minimum atomic E-state index is 0.605. The second-order valence-corrected chi connectivity index (χ2v) is 6.56. The van der Waals surface area contributed by atoms with E-state index >= 15 is 0 Å². The van der Waals surface area contributed by atoms with Crippen LogP contribution in [0, 0.1) is 0 Å².